The number of ether oxygens (including phenoxy) is 1. The molecule has 100 valence electrons. The molecule has 1 amide bonds. The van der Waals surface area contributed by atoms with Crippen LogP contribution in [0.2, 0.25) is 0 Å². The van der Waals surface area contributed by atoms with Crippen LogP contribution in [0.1, 0.15) is 17.4 Å². The van der Waals surface area contributed by atoms with Gasteiger partial charge in [0.15, 0.2) is 11.2 Å². The van der Waals surface area contributed by atoms with Gasteiger partial charge in [0.05, 0.1) is 12.8 Å². The highest BCUT2D eigenvalue weighted by molar-refractivity contribution is 7.13. The summed E-state index contributed by atoms with van der Waals surface area (Å²) >= 11 is 1.32. The van der Waals surface area contributed by atoms with Gasteiger partial charge >= 0.3 is 0 Å². The number of carbonyl (C=O) groups is 1. The Morgan fingerprint density at radius 3 is 2.95 bits per heavy atom. The lowest BCUT2D eigenvalue weighted by atomic mass is 10.1. The molecule has 0 aliphatic carbocycles. The number of rotatable bonds is 4. The van der Waals surface area contributed by atoms with Crippen molar-refractivity contribution >= 4 is 22.4 Å². The van der Waals surface area contributed by atoms with E-state index in [0.29, 0.717) is 16.4 Å². The molecule has 1 heterocycles. The van der Waals surface area contributed by atoms with Crippen LogP contribution in [0.25, 0.3) is 0 Å². The smallest absolute Gasteiger partial charge is 0.259 e. The Balaban J connectivity index is 2.09. The zero-order valence-electron chi connectivity index (χ0n) is 10.6. The number of benzene rings is 1. The predicted octanol–water partition coefficient (Wildman–Crippen LogP) is 2.13. The van der Waals surface area contributed by atoms with Crippen molar-refractivity contribution in [2.75, 3.05) is 12.4 Å². The number of aliphatic hydroxyl groups excluding tert-OH is 1. The Morgan fingerprint density at radius 2 is 2.32 bits per heavy atom. The number of thiazole rings is 1. The number of hydrogen-bond donors (Lipinski definition) is 2. The number of nitrogens with zero attached hydrogens (tertiary/aromatic N) is 1. The normalized spacial score (nSPS) is 11.9. The first-order chi connectivity index (χ1) is 9.10. The van der Waals surface area contributed by atoms with E-state index in [9.17, 15) is 9.90 Å². The molecule has 2 aromatic rings. The number of anilines is 1. The predicted molar refractivity (Wildman–Crippen MR) is 73.4 cm³/mol. The minimum absolute atomic E-state index is 0.476. The number of carbonyl (C=O) groups excluding carboxylic acids is 1. The number of nitrogens with one attached hydrogen (secondary N) is 1. The van der Waals surface area contributed by atoms with Gasteiger partial charge in [0.25, 0.3) is 5.91 Å². The highest BCUT2D eigenvalue weighted by Crippen LogP contribution is 2.21. The van der Waals surface area contributed by atoms with E-state index in [1.54, 1.807) is 24.3 Å². The topological polar surface area (TPSA) is 71.5 Å². The zero-order chi connectivity index (χ0) is 13.8. The van der Waals surface area contributed by atoms with Gasteiger partial charge in [-0.1, -0.05) is 12.1 Å². The highest BCUT2D eigenvalue weighted by atomic mass is 32.1. The molecule has 0 radical (unpaired) electrons. The monoisotopic (exact) mass is 278 g/mol. The summed E-state index contributed by atoms with van der Waals surface area (Å²) in [5.41, 5.74) is 1.31. The largest absolute Gasteiger partial charge is 0.497 e. The lowest BCUT2D eigenvalue weighted by molar-refractivity contribution is -0.124. The molecule has 5 nitrogen and oxygen atoms in total. The molecular weight excluding hydrogens is 264 g/mol. The quantitative estimate of drug-likeness (QED) is 0.898. The molecule has 1 aromatic carbocycles. The van der Waals surface area contributed by atoms with Gasteiger partial charge < -0.3 is 9.84 Å². The summed E-state index contributed by atoms with van der Waals surface area (Å²) < 4.78 is 5.05. The van der Waals surface area contributed by atoms with Crippen molar-refractivity contribution in [2.45, 2.75) is 13.0 Å². The molecule has 0 saturated carbocycles. The van der Waals surface area contributed by atoms with Crippen LogP contribution >= 0.6 is 11.3 Å². The number of aliphatic hydroxyl groups is 1. The molecule has 6 heteroatoms. The molecule has 0 spiro atoms. The second-order valence-electron chi connectivity index (χ2n) is 3.96. The van der Waals surface area contributed by atoms with E-state index in [2.05, 4.69) is 10.3 Å². The highest BCUT2D eigenvalue weighted by Gasteiger charge is 2.18. The summed E-state index contributed by atoms with van der Waals surface area (Å²) in [6, 6.07) is 6.76. The average Bonchev–Trinajstić information content (AvgIpc) is 2.83. The summed E-state index contributed by atoms with van der Waals surface area (Å²) in [6.45, 7) is 1.84. The van der Waals surface area contributed by atoms with E-state index < -0.39 is 12.0 Å². The Bertz CT molecular complexity index is 583. The molecular formula is C13H14N2O3S. The van der Waals surface area contributed by atoms with Crippen molar-refractivity contribution in [3.63, 3.8) is 0 Å². The molecule has 1 unspecified atom stereocenters. The van der Waals surface area contributed by atoms with Gasteiger partial charge in [-0.3, -0.25) is 10.1 Å². The summed E-state index contributed by atoms with van der Waals surface area (Å²) in [6.07, 6.45) is -1.25. The van der Waals surface area contributed by atoms with E-state index in [0.717, 1.165) is 5.69 Å². The van der Waals surface area contributed by atoms with Gasteiger partial charge in [-0.15, -0.1) is 11.3 Å². The van der Waals surface area contributed by atoms with Crippen LogP contribution in [0.5, 0.6) is 5.75 Å². The molecule has 0 saturated heterocycles. The van der Waals surface area contributed by atoms with Crippen molar-refractivity contribution in [2.24, 2.45) is 0 Å². The standard InChI is InChI=1S/C13H14N2O3S/c1-8-7-19-13(14-8)15-12(17)11(16)9-4-3-5-10(6-9)18-2/h3-7,11,16H,1-2H3,(H,14,15,17). The maximum Gasteiger partial charge on any atom is 0.259 e. The van der Waals surface area contributed by atoms with Crippen LogP contribution in [0.15, 0.2) is 29.6 Å². The van der Waals surface area contributed by atoms with Crippen molar-refractivity contribution < 1.29 is 14.6 Å². The van der Waals surface area contributed by atoms with Crippen LogP contribution in [0, 0.1) is 6.92 Å². The maximum atomic E-state index is 11.9. The SMILES string of the molecule is COc1cccc(C(O)C(=O)Nc2nc(C)cs2)c1. The van der Waals surface area contributed by atoms with Crippen LogP contribution in [0.4, 0.5) is 5.13 Å². The van der Waals surface area contributed by atoms with Gasteiger partial charge in [-0.2, -0.15) is 0 Å². The van der Waals surface area contributed by atoms with Crippen molar-refractivity contribution in [1.82, 2.24) is 4.98 Å². The Kier molecular flexibility index (Phi) is 4.13. The van der Waals surface area contributed by atoms with Crippen LogP contribution in [-0.4, -0.2) is 23.1 Å². The van der Waals surface area contributed by atoms with E-state index in [1.165, 1.54) is 18.4 Å². The van der Waals surface area contributed by atoms with Crippen LogP contribution < -0.4 is 10.1 Å². The van der Waals surface area contributed by atoms with Gasteiger partial charge in [0.2, 0.25) is 0 Å². The first kappa shape index (κ1) is 13.5. The van der Waals surface area contributed by atoms with Crippen molar-refractivity contribution in [3.8, 4) is 5.75 Å². The number of aromatic nitrogens is 1. The summed E-state index contributed by atoms with van der Waals surface area (Å²) in [5.74, 6) is 0.0806. The van der Waals surface area contributed by atoms with Crippen LogP contribution in [0.3, 0.4) is 0 Å². The van der Waals surface area contributed by atoms with Crippen LogP contribution in [-0.2, 0) is 4.79 Å². The molecule has 2 rings (SSSR count). The Hall–Kier alpha value is -1.92. The number of aryl methyl sites for hydroxylation is 1. The van der Waals surface area contributed by atoms with E-state index in [1.807, 2.05) is 12.3 Å². The molecule has 1 aromatic heterocycles. The fourth-order valence-electron chi connectivity index (χ4n) is 1.55. The fourth-order valence-corrected chi connectivity index (χ4v) is 2.24. The number of methoxy groups -OCH3 is 1. The summed E-state index contributed by atoms with van der Waals surface area (Å²) in [5, 5.41) is 14.9. The minimum atomic E-state index is -1.25. The molecule has 0 aliphatic rings. The first-order valence-corrected chi connectivity index (χ1v) is 6.53. The third kappa shape index (κ3) is 3.30. The lowest BCUT2D eigenvalue weighted by Crippen LogP contribution is -2.20. The fraction of sp³-hybridized carbons (Fsp3) is 0.231. The Morgan fingerprint density at radius 1 is 1.53 bits per heavy atom. The zero-order valence-corrected chi connectivity index (χ0v) is 11.4. The molecule has 19 heavy (non-hydrogen) atoms. The first-order valence-electron chi connectivity index (χ1n) is 5.65. The summed E-state index contributed by atoms with van der Waals surface area (Å²) in [7, 11) is 1.53. The number of hydrogen-bond acceptors (Lipinski definition) is 5. The molecule has 1 atom stereocenters. The lowest BCUT2D eigenvalue weighted by Gasteiger charge is -2.11. The summed E-state index contributed by atoms with van der Waals surface area (Å²) in [4.78, 5) is 16.0. The van der Waals surface area contributed by atoms with Crippen molar-refractivity contribution in [3.05, 3.63) is 40.9 Å². The van der Waals surface area contributed by atoms with E-state index in [4.69, 9.17) is 4.74 Å². The maximum absolute atomic E-state index is 11.9. The van der Waals surface area contributed by atoms with Gasteiger partial charge in [0.1, 0.15) is 5.75 Å². The van der Waals surface area contributed by atoms with Gasteiger partial charge in [-0.05, 0) is 24.6 Å². The number of amides is 1. The molecule has 0 fully saturated rings. The molecule has 2 N–H and O–H groups in total. The van der Waals surface area contributed by atoms with Crippen molar-refractivity contribution in [1.29, 1.82) is 0 Å². The Labute approximate surface area is 114 Å². The van der Waals surface area contributed by atoms with Gasteiger partial charge in [0, 0.05) is 5.38 Å². The van der Waals surface area contributed by atoms with E-state index in [-0.39, 0.29) is 0 Å². The third-order valence-corrected chi connectivity index (χ3v) is 3.38. The second kappa shape index (κ2) is 5.81. The second-order valence-corrected chi connectivity index (χ2v) is 4.82. The van der Waals surface area contributed by atoms with E-state index >= 15 is 0 Å². The molecule has 0 bridgehead atoms. The molecule has 0 aliphatic heterocycles. The minimum Gasteiger partial charge on any atom is -0.497 e. The average molecular weight is 278 g/mol. The third-order valence-electron chi connectivity index (χ3n) is 2.51. The van der Waals surface area contributed by atoms with Gasteiger partial charge in [-0.25, -0.2) is 4.98 Å².